The lowest BCUT2D eigenvalue weighted by Gasteiger charge is -2.35. The zero-order valence-electron chi connectivity index (χ0n) is 16.3. The zero-order chi connectivity index (χ0) is 20.4. The first-order valence-corrected chi connectivity index (χ1v) is 9.82. The van der Waals surface area contributed by atoms with Gasteiger partial charge in [-0.2, -0.15) is 0 Å². The molecule has 0 spiro atoms. The van der Waals surface area contributed by atoms with Crippen molar-refractivity contribution in [2.45, 2.75) is 31.3 Å². The van der Waals surface area contributed by atoms with Crippen LogP contribution in [0.3, 0.4) is 0 Å². The predicted molar refractivity (Wildman–Crippen MR) is 109 cm³/mol. The number of carbonyl (C=O) groups excluding carboxylic acids is 2. The van der Waals surface area contributed by atoms with Gasteiger partial charge in [0.1, 0.15) is 11.6 Å². The zero-order valence-corrected chi connectivity index (χ0v) is 16.3. The molecule has 2 aliphatic rings. The molecule has 0 bridgehead atoms. The number of anilines is 2. The minimum atomic E-state index is -0.406. The minimum Gasteiger partial charge on any atom is -0.497 e. The Morgan fingerprint density at radius 1 is 1.00 bits per heavy atom. The Bertz CT molecular complexity index is 877. The quantitative estimate of drug-likeness (QED) is 0.786. The molecule has 4 rings (SSSR count). The summed E-state index contributed by atoms with van der Waals surface area (Å²) < 4.78 is 18.2. The summed E-state index contributed by atoms with van der Waals surface area (Å²) in [4.78, 5) is 28.9. The lowest BCUT2D eigenvalue weighted by molar-refractivity contribution is -0.123. The van der Waals surface area contributed by atoms with Gasteiger partial charge in [-0.25, -0.2) is 9.29 Å². The van der Waals surface area contributed by atoms with Crippen LogP contribution in [0.25, 0.3) is 0 Å². The smallest absolute Gasteiger partial charge is 0.251 e. The third-order valence-corrected chi connectivity index (χ3v) is 5.64. The summed E-state index contributed by atoms with van der Waals surface area (Å²) in [5.41, 5.74) is 1.47. The van der Waals surface area contributed by atoms with Crippen molar-refractivity contribution in [2.75, 3.05) is 30.4 Å². The van der Waals surface area contributed by atoms with Crippen LogP contribution in [-0.2, 0) is 9.59 Å². The number of hydrogen-bond donors (Lipinski definition) is 1. The van der Waals surface area contributed by atoms with Crippen molar-refractivity contribution in [1.82, 2.24) is 4.90 Å². The summed E-state index contributed by atoms with van der Waals surface area (Å²) in [6.07, 6.45) is 1.93. The number of methoxy groups -OCH3 is 1. The van der Waals surface area contributed by atoms with E-state index in [1.165, 1.54) is 17.0 Å². The highest BCUT2D eigenvalue weighted by Gasteiger charge is 2.43. The van der Waals surface area contributed by atoms with E-state index in [-0.39, 0.29) is 30.1 Å². The van der Waals surface area contributed by atoms with Gasteiger partial charge in [-0.15, -0.1) is 0 Å². The number of carbonyl (C=O) groups is 2. The standard InChI is InChI=1S/C22H24FN3O3/c1-29-19-8-6-18(7-9-19)26-21(27)14-20(22(26)28)25-12-10-17(11-13-25)24-16-4-2-15(23)3-5-16/h2-9,17,20,24H,10-14H2,1H3. The Balaban J connectivity index is 1.36. The number of ether oxygens (including phenoxy) is 1. The summed E-state index contributed by atoms with van der Waals surface area (Å²) in [5, 5.41) is 3.42. The van der Waals surface area contributed by atoms with Crippen molar-refractivity contribution in [1.29, 1.82) is 0 Å². The van der Waals surface area contributed by atoms with Crippen LogP contribution in [-0.4, -0.2) is 49.0 Å². The lowest BCUT2D eigenvalue weighted by Crippen LogP contribution is -2.48. The van der Waals surface area contributed by atoms with Crippen LogP contribution in [0, 0.1) is 5.82 Å². The van der Waals surface area contributed by atoms with Crippen LogP contribution >= 0.6 is 0 Å². The Labute approximate surface area is 169 Å². The third kappa shape index (κ3) is 4.10. The molecular weight excluding hydrogens is 373 g/mol. The van der Waals surface area contributed by atoms with E-state index < -0.39 is 6.04 Å². The van der Waals surface area contributed by atoms with Crippen LogP contribution in [0.4, 0.5) is 15.8 Å². The predicted octanol–water partition coefficient (Wildman–Crippen LogP) is 3.04. The molecule has 1 unspecified atom stereocenters. The largest absolute Gasteiger partial charge is 0.497 e. The number of imide groups is 1. The molecule has 1 atom stereocenters. The van der Waals surface area contributed by atoms with E-state index in [0.717, 1.165) is 31.6 Å². The highest BCUT2D eigenvalue weighted by Crippen LogP contribution is 2.29. The van der Waals surface area contributed by atoms with Crippen LogP contribution < -0.4 is 15.0 Å². The van der Waals surface area contributed by atoms with Gasteiger partial charge < -0.3 is 10.1 Å². The fourth-order valence-corrected chi connectivity index (χ4v) is 4.04. The lowest BCUT2D eigenvalue weighted by atomic mass is 10.0. The Hall–Kier alpha value is -2.93. The molecule has 29 heavy (non-hydrogen) atoms. The number of halogens is 1. The second kappa shape index (κ2) is 8.21. The molecule has 1 N–H and O–H groups in total. The second-order valence-electron chi connectivity index (χ2n) is 7.45. The first-order chi connectivity index (χ1) is 14.0. The average molecular weight is 397 g/mol. The molecule has 0 aromatic heterocycles. The summed E-state index contributed by atoms with van der Waals surface area (Å²) in [7, 11) is 1.58. The molecule has 2 aromatic rings. The maximum Gasteiger partial charge on any atom is 0.251 e. The highest BCUT2D eigenvalue weighted by atomic mass is 19.1. The van der Waals surface area contributed by atoms with Crippen molar-refractivity contribution in [3.05, 3.63) is 54.3 Å². The normalized spacial score (nSPS) is 20.9. The van der Waals surface area contributed by atoms with E-state index in [4.69, 9.17) is 4.74 Å². The van der Waals surface area contributed by atoms with E-state index in [9.17, 15) is 14.0 Å². The van der Waals surface area contributed by atoms with Gasteiger partial charge in [0.15, 0.2) is 0 Å². The Kier molecular flexibility index (Phi) is 5.49. The highest BCUT2D eigenvalue weighted by molar-refractivity contribution is 6.22. The maximum absolute atomic E-state index is 13.0. The van der Waals surface area contributed by atoms with E-state index in [0.29, 0.717) is 11.4 Å². The van der Waals surface area contributed by atoms with Crippen LogP contribution in [0.15, 0.2) is 48.5 Å². The molecule has 2 amide bonds. The van der Waals surface area contributed by atoms with E-state index in [1.807, 2.05) is 0 Å². The van der Waals surface area contributed by atoms with Crippen molar-refractivity contribution < 1.29 is 18.7 Å². The number of nitrogens with one attached hydrogen (secondary N) is 1. The van der Waals surface area contributed by atoms with Gasteiger partial charge in [0.05, 0.1) is 25.3 Å². The van der Waals surface area contributed by atoms with Gasteiger partial charge in [-0.3, -0.25) is 14.5 Å². The fraction of sp³-hybridized carbons (Fsp3) is 0.364. The molecule has 6 nitrogen and oxygen atoms in total. The first kappa shape index (κ1) is 19.4. The fourth-order valence-electron chi connectivity index (χ4n) is 4.04. The van der Waals surface area contributed by atoms with Gasteiger partial charge in [-0.05, 0) is 61.4 Å². The molecule has 0 saturated carbocycles. The van der Waals surface area contributed by atoms with Gasteiger partial charge in [0, 0.05) is 24.8 Å². The van der Waals surface area contributed by atoms with Crippen molar-refractivity contribution in [3.8, 4) is 5.75 Å². The van der Waals surface area contributed by atoms with Crippen molar-refractivity contribution in [3.63, 3.8) is 0 Å². The number of amides is 2. The number of hydrogen-bond acceptors (Lipinski definition) is 5. The molecule has 2 heterocycles. The summed E-state index contributed by atoms with van der Waals surface area (Å²) in [5.74, 6) is 0.0955. The topological polar surface area (TPSA) is 61.9 Å². The minimum absolute atomic E-state index is 0.162. The third-order valence-electron chi connectivity index (χ3n) is 5.64. The molecule has 7 heteroatoms. The Morgan fingerprint density at radius 2 is 1.66 bits per heavy atom. The van der Waals surface area contributed by atoms with Crippen molar-refractivity contribution in [2.24, 2.45) is 0 Å². The van der Waals surface area contributed by atoms with E-state index >= 15 is 0 Å². The van der Waals surface area contributed by atoms with Gasteiger partial charge in [-0.1, -0.05) is 0 Å². The number of piperidine rings is 1. The molecule has 2 aliphatic heterocycles. The average Bonchev–Trinajstić information content (AvgIpc) is 3.04. The van der Waals surface area contributed by atoms with E-state index in [1.54, 1.807) is 43.5 Å². The maximum atomic E-state index is 13.0. The van der Waals surface area contributed by atoms with Gasteiger partial charge in [0.2, 0.25) is 5.91 Å². The molecule has 0 radical (unpaired) electrons. The van der Waals surface area contributed by atoms with E-state index in [2.05, 4.69) is 10.2 Å². The van der Waals surface area contributed by atoms with Gasteiger partial charge in [0.25, 0.3) is 5.91 Å². The number of nitrogens with zero attached hydrogens (tertiary/aromatic N) is 2. The molecule has 2 fully saturated rings. The number of benzene rings is 2. The summed E-state index contributed by atoms with van der Waals surface area (Å²) in [6, 6.07) is 13.2. The van der Waals surface area contributed by atoms with Gasteiger partial charge >= 0.3 is 0 Å². The summed E-state index contributed by atoms with van der Waals surface area (Å²) >= 11 is 0. The van der Waals surface area contributed by atoms with Crippen molar-refractivity contribution >= 4 is 23.2 Å². The molecular formula is C22H24FN3O3. The molecule has 2 saturated heterocycles. The monoisotopic (exact) mass is 397 g/mol. The first-order valence-electron chi connectivity index (χ1n) is 9.82. The second-order valence-corrected chi connectivity index (χ2v) is 7.45. The Morgan fingerprint density at radius 3 is 2.28 bits per heavy atom. The number of rotatable bonds is 5. The molecule has 0 aliphatic carbocycles. The molecule has 152 valence electrons. The van der Waals surface area contributed by atoms with Crippen LogP contribution in [0.2, 0.25) is 0 Å². The molecule has 2 aromatic carbocycles. The SMILES string of the molecule is COc1ccc(N2C(=O)CC(N3CCC(Nc4ccc(F)cc4)CC3)C2=O)cc1. The van der Waals surface area contributed by atoms with Crippen LogP contribution in [0.1, 0.15) is 19.3 Å². The van der Waals surface area contributed by atoms with Crippen LogP contribution in [0.5, 0.6) is 5.75 Å². The summed E-state index contributed by atoms with van der Waals surface area (Å²) in [6.45, 7) is 1.47. The number of likely N-dealkylation sites (tertiary alicyclic amines) is 1.